The van der Waals surface area contributed by atoms with Gasteiger partial charge < -0.3 is 24.9 Å². The summed E-state index contributed by atoms with van der Waals surface area (Å²) in [6.45, 7) is -0.201. The van der Waals surface area contributed by atoms with E-state index in [4.69, 9.17) is 28.8 Å². The van der Waals surface area contributed by atoms with Gasteiger partial charge in [0.1, 0.15) is 35.0 Å². The number of anilines is 1. The molecule has 0 spiro atoms. The Bertz CT molecular complexity index is 3600. The number of alkyl halides is 3. The molecule has 410 valence electrons. The summed E-state index contributed by atoms with van der Waals surface area (Å²) in [6.07, 6.45) is -2.16. The van der Waals surface area contributed by atoms with Crippen molar-refractivity contribution >= 4 is 69.3 Å². The first kappa shape index (κ1) is 54.8. The summed E-state index contributed by atoms with van der Waals surface area (Å²) < 4.78 is 57.7. The molecule has 2 aliphatic rings. The molecule has 0 bridgehead atoms. The largest absolute Gasteiger partial charge is 0.497 e. The molecule has 7 aromatic carbocycles. The summed E-state index contributed by atoms with van der Waals surface area (Å²) in [4.78, 5) is 60.8. The van der Waals surface area contributed by atoms with E-state index < -0.39 is 52.2 Å². The van der Waals surface area contributed by atoms with Crippen molar-refractivity contribution in [3.8, 4) is 5.75 Å². The lowest BCUT2D eigenvalue weighted by molar-refractivity contribution is -0.153. The molecule has 9 aromatic rings. The predicted molar refractivity (Wildman–Crippen MR) is 311 cm³/mol. The number of amides is 2. The number of esters is 1. The minimum Gasteiger partial charge on any atom is -0.497 e. The SMILES string of the molecule is COc1ccc(COC(=O)C2=C(/C=C/c3scnc3C(F)(F)F)CS[C@@H]3C(NC(=O)/C(=N\OC(c4ccccc4)(c4ccccc4)c4ccccc4)c4nsc(NC(c5ccccc5)(c5ccccc5)c5ccccc5)n4)C(=O)N23)cc1. The smallest absolute Gasteiger partial charge is 0.434 e. The highest BCUT2D eigenvalue weighted by molar-refractivity contribution is 8.00. The molecule has 4 heterocycles. The minimum absolute atomic E-state index is 0.0386. The van der Waals surface area contributed by atoms with Crippen LogP contribution in [-0.2, 0) is 47.9 Å². The number of β-lactam (4-membered cyclic amide) rings is 1. The van der Waals surface area contributed by atoms with E-state index in [2.05, 4.69) is 15.6 Å². The van der Waals surface area contributed by atoms with Gasteiger partial charge in [-0.15, -0.1) is 23.1 Å². The number of halogens is 3. The molecule has 0 radical (unpaired) electrons. The Balaban J connectivity index is 0.984. The number of allylic oxidation sites excluding steroid dienone is 1. The molecule has 0 saturated carbocycles. The average Bonchev–Trinajstić information content (AvgIpc) is 2.99. The summed E-state index contributed by atoms with van der Waals surface area (Å²) in [6, 6.07) is 63.6. The van der Waals surface area contributed by atoms with E-state index in [0.29, 0.717) is 33.1 Å². The lowest BCUT2D eigenvalue weighted by Crippen LogP contribution is -2.71. The summed E-state index contributed by atoms with van der Waals surface area (Å²) in [5.41, 5.74) is 2.48. The van der Waals surface area contributed by atoms with Gasteiger partial charge in [-0.25, -0.2) is 9.78 Å². The highest BCUT2D eigenvalue weighted by atomic mass is 32.2. The lowest BCUT2D eigenvalue weighted by atomic mass is 9.77. The predicted octanol–water partition coefficient (Wildman–Crippen LogP) is 12.2. The molecule has 82 heavy (non-hydrogen) atoms. The Morgan fingerprint density at radius 3 is 1.72 bits per heavy atom. The Morgan fingerprint density at radius 2 is 1.22 bits per heavy atom. The standard InChI is InChI=1S/C63H48F3N7O6S3/c1-77-49-35-32-41(33-36-49)38-78-59(76)53-42(34-37-50-54(63(64,65)66)67-40-81-50)39-80-58-52(57(75)73(53)58)68-56(74)51(71-79-62(46-26-14-5-15-27-46,47-28-16-6-17-29-47)48-30-18-7-19-31-48)55-69-60(82-72-55)70-61(43-20-8-2-9-21-43,44-22-10-3-11-23-44)45-24-12-4-13-25-45/h2-37,40,52,58H,38-39H2,1H3,(H,68,74)(H,69,70,72)/b37-34+,71-51-/t52?,58-/m1/s1. The Hall–Kier alpha value is -9.17. The van der Waals surface area contributed by atoms with E-state index in [1.165, 1.54) is 35.9 Å². The van der Waals surface area contributed by atoms with Crippen molar-refractivity contribution in [3.05, 3.63) is 284 Å². The number of aromatic nitrogens is 3. The van der Waals surface area contributed by atoms with Gasteiger partial charge >= 0.3 is 12.1 Å². The van der Waals surface area contributed by atoms with Crippen molar-refractivity contribution in [1.29, 1.82) is 0 Å². The van der Waals surface area contributed by atoms with E-state index >= 15 is 4.79 Å². The number of carbonyl (C=O) groups excluding carboxylic acids is 3. The van der Waals surface area contributed by atoms with Crippen molar-refractivity contribution in [1.82, 2.24) is 24.6 Å². The molecular weight excluding hydrogens is 1100 g/mol. The van der Waals surface area contributed by atoms with Gasteiger partial charge in [-0.2, -0.15) is 22.5 Å². The van der Waals surface area contributed by atoms with Gasteiger partial charge in [-0.1, -0.05) is 205 Å². The Labute approximate surface area is 482 Å². The number of methoxy groups -OCH3 is 1. The first-order valence-corrected chi connectivity index (χ1v) is 28.4. The number of hydrogen-bond acceptors (Lipinski definition) is 14. The number of carbonyl (C=O) groups is 3. The van der Waals surface area contributed by atoms with Crippen LogP contribution in [0, 0.1) is 0 Å². The number of ether oxygens (including phenoxy) is 2. The molecular formula is C63H48F3N7O6S3. The number of nitrogens with one attached hydrogen (secondary N) is 2. The molecule has 2 amide bonds. The van der Waals surface area contributed by atoms with Gasteiger partial charge in [-0.05, 0) is 46.0 Å². The number of oxime groups is 1. The molecule has 1 saturated heterocycles. The van der Waals surface area contributed by atoms with E-state index in [9.17, 15) is 22.8 Å². The van der Waals surface area contributed by atoms with Crippen molar-refractivity contribution in [2.24, 2.45) is 5.16 Å². The van der Waals surface area contributed by atoms with Crippen LogP contribution in [0.3, 0.4) is 0 Å². The van der Waals surface area contributed by atoms with Gasteiger partial charge in [0.15, 0.2) is 5.69 Å². The van der Waals surface area contributed by atoms with Crippen molar-refractivity contribution < 1.29 is 41.9 Å². The zero-order valence-corrected chi connectivity index (χ0v) is 45.9. The van der Waals surface area contributed by atoms with E-state index in [-0.39, 0.29) is 40.0 Å². The first-order valence-electron chi connectivity index (χ1n) is 25.7. The summed E-state index contributed by atoms with van der Waals surface area (Å²) in [5.74, 6) is -1.99. The molecule has 2 N–H and O–H groups in total. The molecule has 1 unspecified atom stereocenters. The fraction of sp³-hybridized carbons (Fsp3) is 0.127. The fourth-order valence-corrected chi connectivity index (χ4v) is 12.6. The number of benzene rings is 7. The fourth-order valence-electron chi connectivity index (χ4n) is 9.96. The lowest BCUT2D eigenvalue weighted by Gasteiger charge is -2.49. The minimum atomic E-state index is -4.73. The molecule has 2 atom stereocenters. The number of nitrogens with zero attached hydrogens (tertiary/aromatic N) is 5. The average molecular weight is 1150 g/mol. The number of thioether (sulfide) groups is 1. The van der Waals surface area contributed by atoms with Crippen LogP contribution >= 0.6 is 34.6 Å². The number of hydrogen-bond donors (Lipinski definition) is 2. The topological polar surface area (TPSA) is 157 Å². The van der Waals surface area contributed by atoms with Crippen molar-refractivity contribution in [2.75, 3.05) is 18.2 Å². The summed E-state index contributed by atoms with van der Waals surface area (Å²) in [5, 5.41) is 10.8. The Morgan fingerprint density at radius 1 is 0.707 bits per heavy atom. The van der Waals surface area contributed by atoms with Crippen LogP contribution in [0.1, 0.15) is 55.3 Å². The highest BCUT2D eigenvalue weighted by Gasteiger charge is 2.55. The quantitative estimate of drug-likeness (QED) is 0.0261. The number of fused-ring (bicyclic) bond motifs is 1. The number of thiazole rings is 1. The third kappa shape index (κ3) is 10.9. The third-order valence-electron chi connectivity index (χ3n) is 13.9. The van der Waals surface area contributed by atoms with Crippen LogP contribution in [-0.4, -0.2) is 67.0 Å². The maximum absolute atomic E-state index is 15.4. The highest BCUT2D eigenvalue weighted by Crippen LogP contribution is 2.45. The Kier molecular flexibility index (Phi) is 16.0. The maximum atomic E-state index is 15.4. The van der Waals surface area contributed by atoms with Gasteiger partial charge in [0.2, 0.25) is 22.3 Å². The first-order chi connectivity index (χ1) is 40.0. The monoisotopic (exact) mass is 1150 g/mol. The van der Waals surface area contributed by atoms with Crippen LogP contribution in [0.5, 0.6) is 5.75 Å². The van der Waals surface area contributed by atoms with Crippen LogP contribution in [0.25, 0.3) is 6.08 Å². The molecule has 0 aliphatic carbocycles. The zero-order chi connectivity index (χ0) is 56.7. The van der Waals surface area contributed by atoms with Crippen LogP contribution in [0.4, 0.5) is 18.3 Å². The molecule has 19 heteroatoms. The molecule has 2 aliphatic heterocycles. The van der Waals surface area contributed by atoms with Crippen molar-refractivity contribution in [2.45, 2.75) is 35.3 Å². The summed E-state index contributed by atoms with van der Waals surface area (Å²) in [7, 11) is 1.52. The molecule has 1 fully saturated rings. The normalized spacial score (nSPS) is 15.6. The second kappa shape index (κ2) is 23.9. The van der Waals surface area contributed by atoms with E-state index in [1.54, 1.807) is 24.3 Å². The van der Waals surface area contributed by atoms with E-state index in [0.717, 1.165) is 45.1 Å². The number of rotatable bonds is 19. The van der Waals surface area contributed by atoms with Gasteiger partial charge in [0, 0.05) is 34.0 Å². The maximum Gasteiger partial charge on any atom is 0.434 e. The third-order valence-corrected chi connectivity index (χ3v) is 16.6. The van der Waals surface area contributed by atoms with Gasteiger partial charge in [0.05, 0.1) is 17.5 Å². The second-order valence-electron chi connectivity index (χ2n) is 18.8. The van der Waals surface area contributed by atoms with E-state index in [1.807, 2.05) is 182 Å². The molecule has 13 nitrogen and oxygen atoms in total. The van der Waals surface area contributed by atoms with Gasteiger partial charge in [-0.3, -0.25) is 14.5 Å². The molecule has 11 rings (SSSR count). The van der Waals surface area contributed by atoms with Crippen molar-refractivity contribution in [3.63, 3.8) is 0 Å². The molecule has 2 aromatic heterocycles. The zero-order valence-electron chi connectivity index (χ0n) is 43.5. The van der Waals surface area contributed by atoms with Crippen LogP contribution in [0.2, 0.25) is 0 Å². The van der Waals surface area contributed by atoms with Crippen LogP contribution < -0.4 is 15.4 Å². The van der Waals surface area contributed by atoms with Crippen LogP contribution in [0.15, 0.2) is 234 Å². The summed E-state index contributed by atoms with van der Waals surface area (Å²) >= 11 is 2.97. The van der Waals surface area contributed by atoms with Gasteiger partial charge in [0.25, 0.3) is 11.8 Å². The second-order valence-corrected chi connectivity index (χ2v) is 21.5.